The quantitative estimate of drug-likeness (QED) is 0.475. The summed E-state index contributed by atoms with van der Waals surface area (Å²) in [5, 5.41) is 9.37. The van der Waals surface area contributed by atoms with Crippen molar-refractivity contribution in [2.24, 2.45) is 5.92 Å². The van der Waals surface area contributed by atoms with E-state index in [2.05, 4.69) is 22.1 Å². The van der Waals surface area contributed by atoms with Crippen molar-refractivity contribution in [2.75, 3.05) is 0 Å². The van der Waals surface area contributed by atoms with Crippen LogP contribution < -0.4 is 0 Å². The van der Waals surface area contributed by atoms with Crippen LogP contribution in [0.15, 0.2) is 12.4 Å². The van der Waals surface area contributed by atoms with Crippen molar-refractivity contribution >= 4 is 27.2 Å². The molecule has 1 atom stereocenters. The van der Waals surface area contributed by atoms with E-state index in [0.29, 0.717) is 17.4 Å². The number of hydrogen-bond acceptors (Lipinski definition) is 5. The zero-order valence-corrected chi connectivity index (χ0v) is 17.1. The minimum Gasteiger partial charge on any atom is -0.261 e. The van der Waals surface area contributed by atoms with Gasteiger partial charge in [0.1, 0.15) is 17.7 Å². The number of fused-ring (bicyclic) bond motifs is 5. The van der Waals surface area contributed by atoms with Crippen LogP contribution in [0.5, 0.6) is 0 Å². The van der Waals surface area contributed by atoms with E-state index >= 15 is 0 Å². The van der Waals surface area contributed by atoms with Crippen LogP contribution in [-0.2, 0) is 25.6 Å². The molecule has 4 aromatic rings. The summed E-state index contributed by atoms with van der Waals surface area (Å²) in [5.74, 6) is 1.26. The van der Waals surface area contributed by atoms with Gasteiger partial charge in [0.25, 0.3) is 0 Å². The molecule has 2 aliphatic rings. The summed E-state index contributed by atoms with van der Waals surface area (Å²) in [6, 6.07) is 1.17. The molecular formula is C20H19F3N6S. The summed E-state index contributed by atoms with van der Waals surface area (Å²) in [4.78, 5) is 11.6. The number of aryl methyl sites for hydroxylation is 1. The number of nitrogens with zero attached hydrogens (tertiary/aromatic N) is 6. The Hall–Kier alpha value is -2.49. The number of halogens is 3. The van der Waals surface area contributed by atoms with Gasteiger partial charge in [0, 0.05) is 16.5 Å². The molecule has 0 unspecified atom stereocenters. The molecule has 1 saturated carbocycles. The van der Waals surface area contributed by atoms with Gasteiger partial charge in [-0.1, -0.05) is 6.92 Å². The fraction of sp³-hybridized carbons (Fsp3) is 0.500. The van der Waals surface area contributed by atoms with Crippen LogP contribution in [0.2, 0.25) is 0 Å². The molecule has 6 rings (SSSR count). The number of hydrogen-bond donors (Lipinski definition) is 0. The van der Waals surface area contributed by atoms with Gasteiger partial charge in [-0.05, 0) is 49.7 Å². The molecule has 156 valence electrons. The van der Waals surface area contributed by atoms with E-state index in [-0.39, 0.29) is 12.5 Å². The van der Waals surface area contributed by atoms with Gasteiger partial charge >= 0.3 is 6.18 Å². The van der Waals surface area contributed by atoms with E-state index in [1.807, 2.05) is 0 Å². The van der Waals surface area contributed by atoms with Crippen molar-refractivity contribution in [3.8, 4) is 0 Å². The maximum Gasteiger partial charge on any atom is 0.435 e. The molecule has 0 bridgehead atoms. The summed E-state index contributed by atoms with van der Waals surface area (Å²) in [7, 11) is 0. The van der Waals surface area contributed by atoms with Gasteiger partial charge in [-0.3, -0.25) is 4.68 Å². The summed E-state index contributed by atoms with van der Waals surface area (Å²) in [6.45, 7) is 2.39. The van der Waals surface area contributed by atoms with Crippen LogP contribution in [0.4, 0.5) is 13.2 Å². The van der Waals surface area contributed by atoms with E-state index in [0.717, 1.165) is 48.0 Å². The van der Waals surface area contributed by atoms with Gasteiger partial charge < -0.3 is 0 Å². The zero-order chi connectivity index (χ0) is 20.6. The zero-order valence-electron chi connectivity index (χ0n) is 16.3. The highest BCUT2D eigenvalue weighted by atomic mass is 32.1. The van der Waals surface area contributed by atoms with Gasteiger partial charge in [0.05, 0.1) is 5.39 Å². The van der Waals surface area contributed by atoms with Crippen molar-refractivity contribution in [3.05, 3.63) is 40.0 Å². The van der Waals surface area contributed by atoms with Crippen LogP contribution in [0.3, 0.4) is 0 Å². The lowest BCUT2D eigenvalue weighted by Crippen LogP contribution is -2.10. The molecule has 0 saturated heterocycles. The van der Waals surface area contributed by atoms with Crippen LogP contribution in [-0.4, -0.2) is 29.4 Å². The summed E-state index contributed by atoms with van der Waals surface area (Å²) < 4.78 is 42.6. The Bertz CT molecular complexity index is 1280. The van der Waals surface area contributed by atoms with Crippen LogP contribution in [0.25, 0.3) is 15.9 Å². The second-order valence-corrected chi connectivity index (χ2v) is 9.54. The molecule has 4 aromatic heterocycles. The monoisotopic (exact) mass is 432 g/mol. The molecule has 2 aliphatic carbocycles. The maximum absolute atomic E-state index is 13.2. The third-order valence-corrected chi connectivity index (χ3v) is 7.23. The normalized spacial score (nSPS) is 19.7. The van der Waals surface area contributed by atoms with E-state index in [4.69, 9.17) is 4.98 Å². The van der Waals surface area contributed by atoms with Crippen LogP contribution >= 0.6 is 11.3 Å². The van der Waals surface area contributed by atoms with Gasteiger partial charge in [-0.15, -0.1) is 16.4 Å². The predicted molar refractivity (Wildman–Crippen MR) is 106 cm³/mol. The second-order valence-electron chi connectivity index (χ2n) is 8.46. The maximum atomic E-state index is 13.2. The highest BCUT2D eigenvalue weighted by molar-refractivity contribution is 7.19. The highest BCUT2D eigenvalue weighted by Crippen LogP contribution is 2.42. The van der Waals surface area contributed by atoms with Crippen molar-refractivity contribution in [1.29, 1.82) is 0 Å². The molecule has 10 heteroatoms. The van der Waals surface area contributed by atoms with E-state index in [1.54, 1.807) is 22.2 Å². The summed E-state index contributed by atoms with van der Waals surface area (Å²) in [5.41, 5.74) is 1.81. The Morgan fingerprint density at radius 1 is 1.20 bits per heavy atom. The molecule has 0 aliphatic heterocycles. The predicted octanol–water partition coefficient (Wildman–Crippen LogP) is 4.60. The molecule has 0 spiro atoms. The first kappa shape index (κ1) is 18.3. The smallest absolute Gasteiger partial charge is 0.261 e. The molecule has 1 fully saturated rings. The average Bonchev–Trinajstić information content (AvgIpc) is 3.14. The largest absolute Gasteiger partial charge is 0.435 e. The molecule has 0 amide bonds. The molecule has 0 radical (unpaired) electrons. The molecule has 4 heterocycles. The number of aromatic nitrogens is 6. The third kappa shape index (κ3) is 2.91. The first-order valence-corrected chi connectivity index (χ1v) is 11.0. The molecule has 30 heavy (non-hydrogen) atoms. The third-order valence-electron chi connectivity index (χ3n) is 6.06. The minimum atomic E-state index is -4.45. The Morgan fingerprint density at radius 2 is 2.03 bits per heavy atom. The molecule has 0 N–H and O–H groups in total. The lowest BCUT2D eigenvalue weighted by molar-refractivity contribution is -0.141. The fourth-order valence-corrected chi connectivity index (χ4v) is 5.73. The SMILES string of the molecule is C[C@H]1CCc2c(sc3ncn4nc(Cn5nc(C(F)(F)F)cc5C5CC5)nc4c23)C1. The number of thiophene rings is 1. The Balaban J connectivity index is 1.43. The summed E-state index contributed by atoms with van der Waals surface area (Å²) in [6.07, 6.45) is 2.17. The van der Waals surface area contributed by atoms with Crippen molar-refractivity contribution in [1.82, 2.24) is 29.4 Å². The van der Waals surface area contributed by atoms with Crippen LogP contribution in [0, 0.1) is 5.92 Å². The molecular weight excluding hydrogens is 413 g/mol. The Kier molecular flexibility index (Phi) is 3.82. The van der Waals surface area contributed by atoms with Crippen LogP contribution in [0.1, 0.15) is 59.8 Å². The van der Waals surface area contributed by atoms with E-state index in [1.165, 1.54) is 21.2 Å². The van der Waals surface area contributed by atoms with Crippen molar-refractivity contribution in [3.63, 3.8) is 0 Å². The first-order chi connectivity index (χ1) is 14.4. The molecule has 6 nitrogen and oxygen atoms in total. The average molecular weight is 432 g/mol. The topological polar surface area (TPSA) is 60.9 Å². The van der Waals surface area contributed by atoms with E-state index in [9.17, 15) is 13.2 Å². The Labute approximate surface area is 173 Å². The van der Waals surface area contributed by atoms with E-state index < -0.39 is 11.9 Å². The van der Waals surface area contributed by atoms with Crippen molar-refractivity contribution < 1.29 is 13.2 Å². The lowest BCUT2D eigenvalue weighted by atomic mass is 9.89. The van der Waals surface area contributed by atoms with Gasteiger partial charge in [-0.25, -0.2) is 14.5 Å². The highest BCUT2D eigenvalue weighted by Gasteiger charge is 2.38. The van der Waals surface area contributed by atoms with Gasteiger partial charge in [0.15, 0.2) is 17.2 Å². The number of rotatable bonds is 3. The Morgan fingerprint density at radius 3 is 2.80 bits per heavy atom. The minimum absolute atomic E-state index is 0.119. The fourth-order valence-electron chi connectivity index (χ4n) is 4.39. The van der Waals surface area contributed by atoms with Crippen molar-refractivity contribution in [2.45, 2.75) is 57.7 Å². The number of alkyl halides is 3. The second kappa shape index (κ2) is 6.26. The summed E-state index contributed by atoms with van der Waals surface area (Å²) >= 11 is 1.72. The molecule has 0 aromatic carbocycles. The van der Waals surface area contributed by atoms with Gasteiger partial charge in [0.2, 0.25) is 0 Å². The lowest BCUT2D eigenvalue weighted by Gasteiger charge is -2.17. The first-order valence-electron chi connectivity index (χ1n) is 10.2. The van der Waals surface area contributed by atoms with Gasteiger partial charge in [-0.2, -0.15) is 18.3 Å². The standard InChI is InChI=1S/C20H19F3N6S/c1-10-2-5-12-14(6-10)30-19-17(12)18-25-16(27-29(18)9-24-19)8-28-13(11-3-4-11)7-15(26-28)20(21,22)23/h7,9-11H,2-6,8H2,1H3/t10-/m0/s1.